The minimum atomic E-state index is -0.605. The summed E-state index contributed by atoms with van der Waals surface area (Å²) in [5.41, 5.74) is -0.677. The van der Waals surface area contributed by atoms with Crippen molar-refractivity contribution >= 4 is 5.91 Å². The molecular formula is C18H24N4O5. The van der Waals surface area contributed by atoms with E-state index in [0.717, 1.165) is 24.6 Å². The molecule has 1 amide bonds. The number of carbonyl (C=O) groups is 1. The second kappa shape index (κ2) is 8.36. The second-order valence-electron chi connectivity index (χ2n) is 6.62. The molecule has 1 aliphatic rings. The molecule has 0 saturated carbocycles. The van der Waals surface area contributed by atoms with E-state index in [1.165, 1.54) is 10.8 Å². The SMILES string of the molecule is Cc1ccc(C(CNC(=O)Cn2cc(C)c(=O)[nH]c2=O)N2CCOCC2)o1. The lowest BCUT2D eigenvalue weighted by atomic mass is 10.1. The fraction of sp³-hybridized carbons (Fsp3) is 0.500. The van der Waals surface area contributed by atoms with Crippen LogP contribution in [0.15, 0.2) is 32.3 Å². The van der Waals surface area contributed by atoms with Gasteiger partial charge in [-0.1, -0.05) is 0 Å². The zero-order valence-electron chi connectivity index (χ0n) is 15.5. The number of ether oxygens (including phenoxy) is 1. The van der Waals surface area contributed by atoms with Gasteiger partial charge in [0.15, 0.2) is 0 Å². The molecule has 1 saturated heterocycles. The maximum atomic E-state index is 12.3. The Bertz CT molecular complexity index is 907. The Labute approximate surface area is 155 Å². The molecule has 0 aliphatic carbocycles. The smallest absolute Gasteiger partial charge is 0.328 e. The average molecular weight is 376 g/mol. The zero-order chi connectivity index (χ0) is 19.4. The van der Waals surface area contributed by atoms with E-state index < -0.39 is 11.2 Å². The van der Waals surface area contributed by atoms with E-state index in [-0.39, 0.29) is 18.5 Å². The molecule has 3 heterocycles. The standard InChI is InChI=1S/C18H24N4O5/c1-12-10-22(18(25)20-17(12)24)11-16(23)19-9-14(15-4-3-13(2)27-15)21-5-7-26-8-6-21/h3-4,10,14H,5-9,11H2,1-2H3,(H,19,23)(H,20,24,25). The Morgan fingerprint density at radius 2 is 2.00 bits per heavy atom. The molecular weight excluding hydrogens is 352 g/mol. The van der Waals surface area contributed by atoms with Crippen molar-refractivity contribution in [2.24, 2.45) is 0 Å². The second-order valence-corrected chi connectivity index (χ2v) is 6.62. The maximum Gasteiger partial charge on any atom is 0.328 e. The Morgan fingerprint density at radius 1 is 1.26 bits per heavy atom. The number of furan rings is 1. The number of aromatic nitrogens is 2. The first-order valence-corrected chi connectivity index (χ1v) is 8.89. The normalized spacial score (nSPS) is 16.2. The van der Waals surface area contributed by atoms with Crippen LogP contribution in [0.1, 0.15) is 23.1 Å². The lowest BCUT2D eigenvalue weighted by molar-refractivity contribution is -0.122. The molecule has 27 heavy (non-hydrogen) atoms. The van der Waals surface area contributed by atoms with Crippen LogP contribution in [0.2, 0.25) is 0 Å². The molecule has 0 spiro atoms. The molecule has 1 fully saturated rings. The van der Waals surface area contributed by atoms with Gasteiger partial charge in [-0.3, -0.25) is 24.0 Å². The monoisotopic (exact) mass is 376 g/mol. The predicted octanol–water partition coefficient (Wildman–Crippen LogP) is -0.0639. The van der Waals surface area contributed by atoms with E-state index in [0.29, 0.717) is 25.3 Å². The van der Waals surface area contributed by atoms with E-state index in [2.05, 4.69) is 15.2 Å². The number of morpholine rings is 1. The summed E-state index contributed by atoms with van der Waals surface area (Å²) < 4.78 is 12.4. The fourth-order valence-electron chi connectivity index (χ4n) is 3.09. The van der Waals surface area contributed by atoms with Crippen LogP contribution in [0, 0.1) is 13.8 Å². The van der Waals surface area contributed by atoms with E-state index >= 15 is 0 Å². The summed E-state index contributed by atoms with van der Waals surface area (Å²) in [5.74, 6) is 1.28. The molecule has 2 aromatic rings. The Kier molecular flexibility index (Phi) is 5.92. The molecule has 146 valence electrons. The molecule has 0 aromatic carbocycles. The van der Waals surface area contributed by atoms with Crippen molar-refractivity contribution in [3.8, 4) is 0 Å². The first kappa shape index (κ1) is 19.1. The summed E-state index contributed by atoms with van der Waals surface area (Å²) in [6.07, 6.45) is 1.39. The van der Waals surface area contributed by atoms with E-state index in [1.54, 1.807) is 6.92 Å². The van der Waals surface area contributed by atoms with Crippen molar-refractivity contribution in [3.05, 3.63) is 56.3 Å². The van der Waals surface area contributed by atoms with Crippen LogP contribution in [0.25, 0.3) is 0 Å². The highest BCUT2D eigenvalue weighted by molar-refractivity contribution is 5.75. The van der Waals surface area contributed by atoms with Crippen molar-refractivity contribution < 1.29 is 13.9 Å². The van der Waals surface area contributed by atoms with Gasteiger partial charge in [-0.2, -0.15) is 0 Å². The topological polar surface area (TPSA) is 110 Å². The Morgan fingerprint density at radius 3 is 2.67 bits per heavy atom. The molecule has 0 radical (unpaired) electrons. The van der Waals surface area contributed by atoms with Gasteiger partial charge in [-0.05, 0) is 26.0 Å². The average Bonchev–Trinajstić information content (AvgIpc) is 3.07. The number of aryl methyl sites for hydroxylation is 2. The van der Waals surface area contributed by atoms with Crippen molar-refractivity contribution in [2.75, 3.05) is 32.8 Å². The number of rotatable bonds is 6. The molecule has 3 rings (SSSR count). The largest absolute Gasteiger partial charge is 0.465 e. The van der Waals surface area contributed by atoms with Crippen LogP contribution >= 0.6 is 0 Å². The van der Waals surface area contributed by atoms with Crippen LogP contribution in [0.5, 0.6) is 0 Å². The van der Waals surface area contributed by atoms with Gasteiger partial charge < -0.3 is 14.5 Å². The molecule has 1 unspecified atom stereocenters. The highest BCUT2D eigenvalue weighted by atomic mass is 16.5. The van der Waals surface area contributed by atoms with Gasteiger partial charge >= 0.3 is 5.69 Å². The minimum absolute atomic E-state index is 0.111. The number of H-pyrrole nitrogens is 1. The van der Waals surface area contributed by atoms with Crippen LogP contribution < -0.4 is 16.6 Å². The van der Waals surface area contributed by atoms with E-state index in [4.69, 9.17) is 9.15 Å². The van der Waals surface area contributed by atoms with Gasteiger partial charge in [-0.25, -0.2) is 4.79 Å². The lowest BCUT2D eigenvalue weighted by Crippen LogP contribution is -2.44. The van der Waals surface area contributed by atoms with Gasteiger partial charge in [0.25, 0.3) is 5.56 Å². The van der Waals surface area contributed by atoms with Crippen LogP contribution in [-0.2, 0) is 16.1 Å². The molecule has 9 heteroatoms. The molecule has 1 aliphatic heterocycles. The summed E-state index contributed by atoms with van der Waals surface area (Å²) in [6, 6.07) is 3.70. The summed E-state index contributed by atoms with van der Waals surface area (Å²) in [4.78, 5) is 40.0. The number of hydrogen-bond acceptors (Lipinski definition) is 6. The Balaban J connectivity index is 1.67. The van der Waals surface area contributed by atoms with Gasteiger partial charge in [0.2, 0.25) is 5.91 Å². The van der Waals surface area contributed by atoms with Crippen molar-refractivity contribution in [3.63, 3.8) is 0 Å². The number of carbonyl (C=O) groups excluding carboxylic acids is 1. The molecule has 0 bridgehead atoms. The van der Waals surface area contributed by atoms with Crippen LogP contribution in [-0.4, -0.2) is 53.2 Å². The Hall–Kier alpha value is -2.65. The van der Waals surface area contributed by atoms with Crippen LogP contribution in [0.3, 0.4) is 0 Å². The summed E-state index contributed by atoms with van der Waals surface area (Å²) in [7, 11) is 0. The molecule has 2 N–H and O–H groups in total. The third kappa shape index (κ3) is 4.75. The summed E-state index contributed by atoms with van der Waals surface area (Å²) in [6.45, 7) is 6.42. The molecule has 9 nitrogen and oxygen atoms in total. The molecule has 1 atom stereocenters. The maximum absolute atomic E-state index is 12.3. The highest BCUT2D eigenvalue weighted by Crippen LogP contribution is 2.23. The number of aromatic amines is 1. The zero-order valence-corrected chi connectivity index (χ0v) is 15.5. The minimum Gasteiger partial charge on any atom is -0.465 e. The highest BCUT2D eigenvalue weighted by Gasteiger charge is 2.25. The van der Waals surface area contributed by atoms with Gasteiger partial charge in [0.05, 0.1) is 19.3 Å². The molecule has 2 aromatic heterocycles. The van der Waals surface area contributed by atoms with Crippen LogP contribution in [0.4, 0.5) is 0 Å². The third-order valence-corrected chi connectivity index (χ3v) is 4.57. The van der Waals surface area contributed by atoms with Gasteiger partial charge in [-0.15, -0.1) is 0 Å². The summed E-state index contributed by atoms with van der Waals surface area (Å²) in [5, 5.41) is 2.86. The first-order chi connectivity index (χ1) is 12.9. The number of hydrogen-bond donors (Lipinski definition) is 2. The first-order valence-electron chi connectivity index (χ1n) is 8.89. The van der Waals surface area contributed by atoms with Crippen molar-refractivity contribution in [1.29, 1.82) is 0 Å². The summed E-state index contributed by atoms with van der Waals surface area (Å²) >= 11 is 0. The fourth-order valence-corrected chi connectivity index (χ4v) is 3.09. The van der Waals surface area contributed by atoms with Crippen molar-refractivity contribution in [1.82, 2.24) is 19.8 Å². The third-order valence-electron chi connectivity index (χ3n) is 4.57. The van der Waals surface area contributed by atoms with Gasteiger partial charge in [0, 0.05) is 31.4 Å². The number of amides is 1. The number of nitrogens with zero attached hydrogens (tertiary/aromatic N) is 2. The lowest BCUT2D eigenvalue weighted by Gasteiger charge is -2.33. The van der Waals surface area contributed by atoms with E-state index in [9.17, 15) is 14.4 Å². The van der Waals surface area contributed by atoms with Crippen molar-refractivity contribution in [2.45, 2.75) is 26.4 Å². The quantitative estimate of drug-likeness (QED) is 0.731. The number of nitrogens with one attached hydrogen (secondary N) is 2. The predicted molar refractivity (Wildman–Crippen MR) is 97.6 cm³/mol. The van der Waals surface area contributed by atoms with Gasteiger partial charge in [0.1, 0.15) is 18.1 Å². The van der Waals surface area contributed by atoms with E-state index in [1.807, 2.05) is 19.1 Å².